The highest BCUT2D eigenvalue weighted by molar-refractivity contribution is 8.02. The molecule has 0 aromatic carbocycles. The van der Waals surface area contributed by atoms with Gasteiger partial charge in [0, 0.05) is 31.5 Å². The van der Waals surface area contributed by atoms with Gasteiger partial charge < -0.3 is 19.6 Å². The van der Waals surface area contributed by atoms with Gasteiger partial charge in [-0.1, -0.05) is 31.9 Å². The maximum atomic E-state index is 14.1. The third-order valence-electron chi connectivity index (χ3n) is 7.85. The van der Waals surface area contributed by atoms with Crippen molar-refractivity contribution in [3.8, 4) is 0 Å². The number of thioether (sulfide) groups is 1. The number of amides is 2. The fourth-order valence-electron chi connectivity index (χ4n) is 6.17. The van der Waals surface area contributed by atoms with Crippen LogP contribution in [0.4, 0.5) is 0 Å². The molecule has 8 heteroatoms. The smallest absolute Gasteiger partial charge is 0.310 e. The monoisotopic (exact) mass is 520 g/mol. The largest absolute Gasteiger partial charge is 0.465 e. The molecule has 3 aliphatic heterocycles. The van der Waals surface area contributed by atoms with Crippen LogP contribution in [0.2, 0.25) is 0 Å². The molecule has 1 spiro atoms. The van der Waals surface area contributed by atoms with Gasteiger partial charge in [-0.2, -0.15) is 0 Å². The minimum absolute atomic E-state index is 0.0162. The predicted octanol–water partition coefficient (Wildman–Crippen LogP) is 3.95. The van der Waals surface area contributed by atoms with E-state index in [1.165, 1.54) is 0 Å². The third kappa shape index (κ3) is 5.85. The van der Waals surface area contributed by atoms with Crippen LogP contribution < -0.4 is 0 Å². The Labute approximate surface area is 220 Å². The van der Waals surface area contributed by atoms with Crippen LogP contribution in [-0.2, 0) is 19.1 Å². The lowest BCUT2D eigenvalue weighted by Crippen LogP contribution is -2.55. The number of rotatable bonds is 17. The zero-order valence-electron chi connectivity index (χ0n) is 21.9. The van der Waals surface area contributed by atoms with Gasteiger partial charge in [0.25, 0.3) is 0 Å². The lowest BCUT2D eigenvalue weighted by Gasteiger charge is -2.37. The Bertz CT molecular complexity index is 805. The van der Waals surface area contributed by atoms with Gasteiger partial charge in [0.15, 0.2) is 0 Å². The van der Waals surface area contributed by atoms with E-state index < -0.39 is 22.6 Å². The number of unbranched alkanes of at least 4 members (excludes halogenated alkanes) is 5. The van der Waals surface area contributed by atoms with E-state index in [1.807, 2.05) is 11.0 Å². The van der Waals surface area contributed by atoms with E-state index in [1.54, 1.807) is 22.7 Å². The molecule has 0 radical (unpaired) electrons. The molecule has 2 amide bonds. The summed E-state index contributed by atoms with van der Waals surface area (Å²) >= 11 is 1.68. The molecule has 3 fully saturated rings. The zero-order valence-corrected chi connectivity index (χ0v) is 22.7. The van der Waals surface area contributed by atoms with Crippen molar-refractivity contribution < 1.29 is 24.2 Å². The molecule has 0 aromatic rings. The van der Waals surface area contributed by atoms with Crippen LogP contribution in [0.1, 0.15) is 71.1 Å². The molecule has 0 aromatic heterocycles. The normalized spacial score (nSPS) is 28.3. The maximum Gasteiger partial charge on any atom is 0.310 e. The van der Waals surface area contributed by atoms with Gasteiger partial charge in [-0.25, -0.2) is 0 Å². The van der Waals surface area contributed by atoms with Crippen LogP contribution in [0.5, 0.6) is 0 Å². The van der Waals surface area contributed by atoms with E-state index in [4.69, 9.17) is 4.74 Å². The first-order valence-corrected chi connectivity index (χ1v) is 14.6. The molecule has 3 heterocycles. The number of carbonyl (C=O) groups is 3. The predicted molar refractivity (Wildman–Crippen MR) is 143 cm³/mol. The first-order valence-electron chi connectivity index (χ1n) is 13.7. The summed E-state index contributed by atoms with van der Waals surface area (Å²) in [7, 11) is 0. The van der Waals surface area contributed by atoms with Crippen molar-refractivity contribution in [2.24, 2.45) is 11.8 Å². The Hall–Kier alpha value is -1.80. The Morgan fingerprint density at radius 2 is 2.00 bits per heavy atom. The SMILES string of the molecule is C=CCCCCOC(=O)[C@@H]1[C@H]2C(=O)N(CCCCO)C(C(=O)N(CC=C)CCCCC)C23CC[C@H]1S3. The molecule has 3 aliphatic rings. The number of aliphatic hydroxyl groups is 1. The molecule has 3 saturated heterocycles. The van der Waals surface area contributed by atoms with Crippen molar-refractivity contribution in [2.75, 3.05) is 32.8 Å². The lowest BCUT2D eigenvalue weighted by atomic mass is 9.71. The highest BCUT2D eigenvalue weighted by Crippen LogP contribution is 2.66. The van der Waals surface area contributed by atoms with Gasteiger partial charge >= 0.3 is 5.97 Å². The van der Waals surface area contributed by atoms with Crippen molar-refractivity contribution in [1.29, 1.82) is 0 Å². The Kier molecular flexibility index (Phi) is 10.9. The molecule has 202 valence electrons. The zero-order chi connectivity index (χ0) is 26.1. The highest BCUT2D eigenvalue weighted by atomic mass is 32.2. The van der Waals surface area contributed by atoms with Crippen molar-refractivity contribution in [3.05, 3.63) is 25.3 Å². The van der Waals surface area contributed by atoms with E-state index in [0.29, 0.717) is 39.1 Å². The summed E-state index contributed by atoms with van der Waals surface area (Å²) < 4.78 is 5.07. The Morgan fingerprint density at radius 3 is 2.69 bits per heavy atom. The molecule has 2 bridgehead atoms. The van der Waals surface area contributed by atoms with Crippen LogP contribution in [0, 0.1) is 11.8 Å². The quantitative estimate of drug-likeness (QED) is 0.178. The molecular weight excluding hydrogens is 476 g/mol. The summed E-state index contributed by atoms with van der Waals surface area (Å²) in [4.78, 5) is 44.8. The summed E-state index contributed by atoms with van der Waals surface area (Å²) in [5.41, 5.74) is 0. The fraction of sp³-hybridized carbons (Fsp3) is 0.750. The first-order chi connectivity index (χ1) is 17.5. The van der Waals surface area contributed by atoms with E-state index >= 15 is 0 Å². The van der Waals surface area contributed by atoms with Crippen molar-refractivity contribution in [3.63, 3.8) is 0 Å². The number of hydrogen-bond donors (Lipinski definition) is 1. The molecule has 7 nitrogen and oxygen atoms in total. The average molecular weight is 521 g/mol. The highest BCUT2D eigenvalue weighted by Gasteiger charge is 2.74. The van der Waals surface area contributed by atoms with Crippen LogP contribution >= 0.6 is 11.8 Å². The fourth-order valence-corrected chi connectivity index (χ4v) is 8.37. The molecule has 0 aliphatic carbocycles. The number of ether oxygens (including phenoxy) is 1. The molecule has 3 rings (SSSR count). The van der Waals surface area contributed by atoms with Gasteiger partial charge in [0.2, 0.25) is 11.8 Å². The van der Waals surface area contributed by atoms with E-state index in [0.717, 1.165) is 51.4 Å². The molecule has 5 atom stereocenters. The van der Waals surface area contributed by atoms with Crippen LogP contribution in [0.15, 0.2) is 25.3 Å². The van der Waals surface area contributed by atoms with E-state index in [-0.39, 0.29) is 29.6 Å². The minimum atomic E-state index is -0.589. The van der Waals surface area contributed by atoms with Gasteiger partial charge in [-0.3, -0.25) is 14.4 Å². The number of hydrogen-bond acceptors (Lipinski definition) is 6. The topological polar surface area (TPSA) is 87.1 Å². The second-order valence-electron chi connectivity index (χ2n) is 10.3. The average Bonchev–Trinajstić information content (AvgIpc) is 3.51. The van der Waals surface area contributed by atoms with E-state index in [2.05, 4.69) is 20.1 Å². The second-order valence-corrected chi connectivity index (χ2v) is 11.9. The summed E-state index contributed by atoms with van der Waals surface area (Å²) in [6.45, 7) is 11.6. The third-order valence-corrected chi connectivity index (χ3v) is 9.80. The molecule has 36 heavy (non-hydrogen) atoms. The van der Waals surface area contributed by atoms with Crippen molar-refractivity contribution >= 4 is 29.5 Å². The molecule has 2 unspecified atom stereocenters. The van der Waals surface area contributed by atoms with Gasteiger partial charge in [-0.15, -0.1) is 24.9 Å². The molecule has 0 saturated carbocycles. The van der Waals surface area contributed by atoms with Gasteiger partial charge in [-0.05, 0) is 51.4 Å². The summed E-state index contributed by atoms with van der Waals surface area (Å²) in [6, 6.07) is -0.587. The lowest BCUT2D eigenvalue weighted by molar-refractivity contribution is -0.154. The number of nitrogens with zero attached hydrogens (tertiary/aromatic N) is 2. The van der Waals surface area contributed by atoms with Gasteiger partial charge in [0.1, 0.15) is 6.04 Å². The number of esters is 1. The minimum Gasteiger partial charge on any atom is -0.465 e. The Morgan fingerprint density at radius 1 is 1.19 bits per heavy atom. The number of likely N-dealkylation sites (tertiary alicyclic amines) is 1. The second kappa shape index (κ2) is 13.7. The summed E-state index contributed by atoms with van der Waals surface area (Å²) in [6.07, 6.45) is 12.0. The molecule has 1 N–H and O–H groups in total. The maximum absolute atomic E-state index is 14.1. The van der Waals surface area contributed by atoms with E-state index in [9.17, 15) is 19.5 Å². The van der Waals surface area contributed by atoms with Gasteiger partial charge in [0.05, 0.1) is 23.2 Å². The number of allylic oxidation sites excluding steroid dienone is 1. The Balaban J connectivity index is 1.84. The van der Waals surface area contributed by atoms with Crippen molar-refractivity contribution in [2.45, 2.75) is 87.2 Å². The number of fused-ring (bicyclic) bond motifs is 1. The standard InChI is InChI=1S/C28H44N2O5S/c1-4-7-9-13-20-35-27(34)22-21-14-15-28(36-21)23(22)25(32)30(18-11-12-19-31)24(28)26(33)29(16-6-3)17-10-8-5-2/h4,6,21-24,31H,1,3,5,7-20H2,2H3/t21-,22+,23+,24?,28?/m1/s1. The number of aliphatic hydroxyl groups excluding tert-OH is 1. The van der Waals surface area contributed by atoms with Crippen LogP contribution in [0.25, 0.3) is 0 Å². The first kappa shape index (κ1) is 28.8. The number of carbonyl (C=O) groups excluding carboxylic acids is 3. The van der Waals surface area contributed by atoms with Crippen LogP contribution in [0.3, 0.4) is 0 Å². The summed E-state index contributed by atoms with van der Waals surface area (Å²) in [5, 5.41) is 9.33. The van der Waals surface area contributed by atoms with Crippen molar-refractivity contribution in [1.82, 2.24) is 9.80 Å². The summed E-state index contributed by atoms with van der Waals surface area (Å²) in [5.74, 6) is -1.44. The molecular formula is C28H44N2O5S. The van der Waals surface area contributed by atoms with Crippen LogP contribution in [-0.4, -0.2) is 81.6 Å².